The van der Waals surface area contributed by atoms with Crippen molar-refractivity contribution in [3.8, 4) is 11.3 Å². The van der Waals surface area contributed by atoms with E-state index >= 15 is 0 Å². The molecule has 1 aromatic carbocycles. The van der Waals surface area contributed by atoms with Crippen LogP contribution in [0.2, 0.25) is 0 Å². The van der Waals surface area contributed by atoms with Crippen LogP contribution in [0, 0.1) is 20.8 Å². The van der Waals surface area contributed by atoms with Crippen LogP contribution in [0.5, 0.6) is 0 Å². The van der Waals surface area contributed by atoms with Crippen molar-refractivity contribution in [2.45, 2.75) is 20.8 Å². The molecule has 0 saturated heterocycles. The molecule has 3 aromatic heterocycles. The number of nitrogens with one attached hydrogen (secondary N) is 1. The van der Waals surface area contributed by atoms with Crippen molar-refractivity contribution in [2.24, 2.45) is 0 Å². The second-order valence-electron chi connectivity index (χ2n) is 7.19. The van der Waals surface area contributed by atoms with Gasteiger partial charge in [-0.15, -0.1) is 0 Å². The first-order valence-electron chi connectivity index (χ1n) is 9.47. The zero-order valence-corrected chi connectivity index (χ0v) is 16.7. The number of hydrogen-bond acceptors (Lipinski definition) is 3. The Kier molecular flexibility index (Phi) is 4.96. The molecule has 3 heterocycles. The van der Waals surface area contributed by atoms with E-state index in [9.17, 15) is 4.79 Å². The minimum atomic E-state index is -0.238. The van der Waals surface area contributed by atoms with Gasteiger partial charge in [-0.2, -0.15) is 0 Å². The van der Waals surface area contributed by atoms with Gasteiger partial charge in [-0.25, -0.2) is 9.97 Å². The summed E-state index contributed by atoms with van der Waals surface area (Å²) in [4.78, 5) is 21.4. The molecule has 0 unspecified atom stereocenters. The summed E-state index contributed by atoms with van der Waals surface area (Å²) >= 11 is 0. The second kappa shape index (κ2) is 7.72. The molecule has 0 radical (unpaired) electrons. The first-order valence-corrected chi connectivity index (χ1v) is 9.47. The summed E-state index contributed by atoms with van der Waals surface area (Å²) in [5.74, 6) is 0.288. The van der Waals surface area contributed by atoms with E-state index in [0.29, 0.717) is 5.82 Å². The molecule has 0 spiro atoms. The van der Waals surface area contributed by atoms with Gasteiger partial charge in [0, 0.05) is 24.0 Å². The largest absolute Gasteiger partial charge is 0.307 e. The molecule has 4 rings (SSSR count). The Morgan fingerprint density at radius 3 is 2.45 bits per heavy atom. The first kappa shape index (κ1) is 18.6. The quantitative estimate of drug-likeness (QED) is 0.507. The average Bonchev–Trinajstić information content (AvgIpc) is 3.06. The maximum atomic E-state index is 12.4. The van der Waals surface area contributed by atoms with Crippen LogP contribution in [0.15, 0.2) is 67.0 Å². The number of carbonyl (C=O) groups excluding carboxylic acids is 1. The summed E-state index contributed by atoms with van der Waals surface area (Å²) in [7, 11) is 0. The number of pyridine rings is 2. The van der Waals surface area contributed by atoms with Gasteiger partial charge in [0.1, 0.15) is 11.5 Å². The number of hydrogen-bond donors (Lipinski definition) is 1. The Morgan fingerprint density at radius 2 is 1.72 bits per heavy atom. The van der Waals surface area contributed by atoms with Crippen LogP contribution < -0.4 is 5.32 Å². The molecule has 144 valence electrons. The fourth-order valence-corrected chi connectivity index (χ4v) is 3.11. The van der Waals surface area contributed by atoms with E-state index in [1.807, 2.05) is 42.6 Å². The fraction of sp³-hybridized carbons (Fsp3) is 0.125. The Labute approximate surface area is 169 Å². The number of aryl methyl sites for hydroxylation is 3. The highest BCUT2D eigenvalue weighted by Gasteiger charge is 2.12. The molecule has 4 aromatic rings. The van der Waals surface area contributed by atoms with E-state index in [0.717, 1.165) is 33.7 Å². The minimum Gasteiger partial charge on any atom is -0.307 e. The van der Waals surface area contributed by atoms with Gasteiger partial charge in [-0.3, -0.25) is 9.20 Å². The summed E-state index contributed by atoms with van der Waals surface area (Å²) in [6.45, 7) is 6.05. The number of nitrogens with zero attached hydrogens (tertiary/aromatic N) is 3. The normalized spacial score (nSPS) is 11.3. The molecule has 5 nitrogen and oxygen atoms in total. The molecule has 1 N–H and O–H groups in total. The molecule has 1 amide bonds. The van der Waals surface area contributed by atoms with Gasteiger partial charge in [-0.05, 0) is 56.2 Å². The Balaban J connectivity index is 1.70. The summed E-state index contributed by atoms with van der Waals surface area (Å²) in [6.07, 6.45) is 7.02. The lowest BCUT2D eigenvalue weighted by atomic mass is 10.1. The lowest BCUT2D eigenvalue weighted by Crippen LogP contribution is -2.09. The molecule has 0 bridgehead atoms. The number of aromatic nitrogens is 3. The Hall–Kier alpha value is -3.73. The molecule has 29 heavy (non-hydrogen) atoms. The van der Waals surface area contributed by atoms with E-state index in [1.54, 1.807) is 18.3 Å². The molecule has 0 aliphatic carbocycles. The fourth-order valence-electron chi connectivity index (χ4n) is 3.11. The summed E-state index contributed by atoms with van der Waals surface area (Å²) < 4.78 is 2.00. The van der Waals surface area contributed by atoms with Crippen molar-refractivity contribution in [2.75, 3.05) is 5.32 Å². The standard InChI is InChI=1S/C24H22N4O/c1-16-4-7-19(8-5-16)24-20(28-13-12-17(2)14-22(28)27-24)9-11-23(29)26-21-10-6-18(3)15-25-21/h4-15H,1-3H3,(H,25,26,29)/b11-9+. The smallest absolute Gasteiger partial charge is 0.249 e. The Morgan fingerprint density at radius 1 is 0.966 bits per heavy atom. The third kappa shape index (κ3) is 4.09. The van der Waals surface area contributed by atoms with E-state index in [2.05, 4.69) is 41.5 Å². The topological polar surface area (TPSA) is 59.3 Å². The van der Waals surface area contributed by atoms with Gasteiger partial charge in [-0.1, -0.05) is 35.9 Å². The summed E-state index contributed by atoms with van der Waals surface area (Å²) in [5, 5.41) is 2.79. The van der Waals surface area contributed by atoms with Crippen LogP contribution in [0.3, 0.4) is 0 Å². The lowest BCUT2D eigenvalue weighted by Gasteiger charge is -2.03. The third-order valence-electron chi connectivity index (χ3n) is 4.70. The zero-order valence-electron chi connectivity index (χ0n) is 16.7. The van der Waals surface area contributed by atoms with Gasteiger partial charge in [0.15, 0.2) is 0 Å². The molecular weight excluding hydrogens is 360 g/mol. The van der Waals surface area contributed by atoms with Crippen LogP contribution in [0.4, 0.5) is 5.82 Å². The summed E-state index contributed by atoms with van der Waals surface area (Å²) in [6, 6.07) is 16.0. The molecule has 0 atom stereocenters. The van der Waals surface area contributed by atoms with Crippen molar-refractivity contribution < 1.29 is 4.79 Å². The van der Waals surface area contributed by atoms with Crippen LogP contribution in [0.1, 0.15) is 22.4 Å². The molecule has 0 aliphatic rings. The molecule has 0 saturated carbocycles. The number of rotatable bonds is 4. The van der Waals surface area contributed by atoms with Gasteiger partial charge in [0.25, 0.3) is 0 Å². The number of imidazole rings is 1. The maximum absolute atomic E-state index is 12.4. The number of amides is 1. The number of anilines is 1. The highest BCUT2D eigenvalue weighted by molar-refractivity contribution is 6.01. The van der Waals surface area contributed by atoms with Crippen molar-refractivity contribution in [3.05, 3.63) is 89.4 Å². The van der Waals surface area contributed by atoms with Crippen molar-refractivity contribution in [1.82, 2.24) is 14.4 Å². The van der Waals surface area contributed by atoms with E-state index in [-0.39, 0.29) is 5.91 Å². The van der Waals surface area contributed by atoms with Crippen molar-refractivity contribution in [3.63, 3.8) is 0 Å². The minimum absolute atomic E-state index is 0.238. The van der Waals surface area contributed by atoms with E-state index in [1.165, 1.54) is 11.6 Å². The van der Waals surface area contributed by atoms with Crippen LogP contribution >= 0.6 is 0 Å². The molecule has 5 heteroatoms. The predicted molar refractivity (Wildman–Crippen MR) is 117 cm³/mol. The van der Waals surface area contributed by atoms with Crippen molar-refractivity contribution >= 4 is 23.4 Å². The molecule has 0 fully saturated rings. The van der Waals surface area contributed by atoms with E-state index in [4.69, 9.17) is 4.98 Å². The van der Waals surface area contributed by atoms with Crippen LogP contribution in [0.25, 0.3) is 23.0 Å². The SMILES string of the molecule is Cc1ccc(-c2nc3cc(C)ccn3c2/C=C/C(=O)Nc2ccc(C)cn2)cc1. The van der Waals surface area contributed by atoms with Gasteiger partial charge in [0.2, 0.25) is 5.91 Å². The molecule has 0 aliphatic heterocycles. The highest BCUT2D eigenvalue weighted by Crippen LogP contribution is 2.26. The first-order chi connectivity index (χ1) is 14.0. The van der Waals surface area contributed by atoms with Gasteiger partial charge < -0.3 is 5.32 Å². The summed E-state index contributed by atoms with van der Waals surface area (Å²) in [5.41, 5.74) is 6.93. The number of fused-ring (bicyclic) bond motifs is 1. The van der Waals surface area contributed by atoms with E-state index < -0.39 is 0 Å². The maximum Gasteiger partial charge on any atom is 0.249 e. The van der Waals surface area contributed by atoms with Gasteiger partial charge >= 0.3 is 0 Å². The van der Waals surface area contributed by atoms with Gasteiger partial charge in [0.05, 0.1) is 11.4 Å². The monoisotopic (exact) mass is 382 g/mol. The predicted octanol–water partition coefficient (Wildman–Crippen LogP) is 4.97. The lowest BCUT2D eigenvalue weighted by molar-refractivity contribution is -0.111. The number of benzene rings is 1. The number of carbonyl (C=O) groups is 1. The average molecular weight is 382 g/mol. The van der Waals surface area contributed by atoms with Crippen LogP contribution in [-0.4, -0.2) is 20.3 Å². The second-order valence-corrected chi connectivity index (χ2v) is 7.19. The van der Waals surface area contributed by atoms with Crippen LogP contribution in [-0.2, 0) is 4.79 Å². The third-order valence-corrected chi connectivity index (χ3v) is 4.70. The Bertz CT molecular complexity index is 1200. The zero-order chi connectivity index (χ0) is 20.4. The molecular formula is C24H22N4O. The highest BCUT2D eigenvalue weighted by atomic mass is 16.1. The van der Waals surface area contributed by atoms with Crippen molar-refractivity contribution in [1.29, 1.82) is 0 Å².